The third kappa shape index (κ3) is 3.24. The summed E-state index contributed by atoms with van der Waals surface area (Å²) in [5.41, 5.74) is 0.608. The molecule has 0 aliphatic rings. The van der Waals surface area contributed by atoms with Crippen LogP contribution in [0.15, 0.2) is 36.4 Å². The second kappa shape index (κ2) is 5.87. The van der Waals surface area contributed by atoms with E-state index in [4.69, 9.17) is 23.2 Å². The summed E-state index contributed by atoms with van der Waals surface area (Å²) in [5, 5.41) is 9.94. The molecule has 1 nitrogen and oxygen atoms in total. The summed E-state index contributed by atoms with van der Waals surface area (Å²) in [4.78, 5) is 0. The second-order valence-corrected chi connectivity index (χ2v) is 4.93. The Morgan fingerprint density at radius 2 is 1.79 bits per heavy atom. The lowest BCUT2D eigenvalue weighted by molar-refractivity contribution is 0.173. The predicted octanol–water partition coefficient (Wildman–Crippen LogP) is 4.55. The Morgan fingerprint density at radius 3 is 2.47 bits per heavy atom. The molecule has 0 aliphatic heterocycles. The van der Waals surface area contributed by atoms with Gasteiger partial charge in [-0.3, -0.25) is 0 Å². The Balaban J connectivity index is 2.23. The van der Waals surface area contributed by atoms with Gasteiger partial charge < -0.3 is 5.11 Å². The molecule has 0 heterocycles. The number of aliphatic hydroxyl groups excluding tert-OH is 1. The molecular formula is C14H10Cl2F2O. The van der Waals surface area contributed by atoms with Gasteiger partial charge in [0.1, 0.15) is 11.6 Å². The second-order valence-electron chi connectivity index (χ2n) is 4.11. The smallest absolute Gasteiger partial charge is 0.147 e. The molecule has 0 aromatic heterocycles. The van der Waals surface area contributed by atoms with Crippen LogP contribution in [0, 0.1) is 11.6 Å². The van der Waals surface area contributed by atoms with Crippen LogP contribution in [0.1, 0.15) is 17.2 Å². The Kier molecular flexibility index (Phi) is 4.40. The lowest BCUT2D eigenvalue weighted by atomic mass is 10.0. The molecule has 19 heavy (non-hydrogen) atoms. The third-order valence-electron chi connectivity index (χ3n) is 2.75. The third-order valence-corrected chi connectivity index (χ3v) is 3.35. The average Bonchev–Trinajstić information content (AvgIpc) is 2.37. The molecule has 0 fully saturated rings. The molecule has 2 rings (SSSR count). The summed E-state index contributed by atoms with van der Waals surface area (Å²) in [6, 6.07) is 8.58. The maximum Gasteiger partial charge on any atom is 0.147 e. The SMILES string of the molecule is OC(Cc1ccc(Cl)c(F)c1)c1cccc(Cl)c1F. The maximum atomic E-state index is 13.7. The molecule has 1 N–H and O–H groups in total. The summed E-state index contributed by atoms with van der Waals surface area (Å²) in [6.07, 6.45) is -1.02. The van der Waals surface area contributed by atoms with Crippen LogP contribution >= 0.6 is 23.2 Å². The van der Waals surface area contributed by atoms with Crippen molar-refractivity contribution in [1.82, 2.24) is 0 Å². The summed E-state index contributed by atoms with van der Waals surface area (Å²) in [6.45, 7) is 0. The molecule has 0 spiro atoms. The van der Waals surface area contributed by atoms with E-state index in [-0.39, 0.29) is 22.0 Å². The highest BCUT2D eigenvalue weighted by atomic mass is 35.5. The number of hydrogen-bond acceptors (Lipinski definition) is 1. The molecule has 1 atom stereocenters. The van der Waals surface area contributed by atoms with Crippen LogP contribution in [-0.4, -0.2) is 5.11 Å². The summed E-state index contributed by atoms with van der Waals surface area (Å²) >= 11 is 11.2. The Hall–Kier alpha value is -1.16. The van der Waals surface area contributed by atoms with Crippen molar-refractivity contribution in [3.05, 3.63) is 69.2 Å². The van der Waals surface area contributed by atoms with Gasteiger partial charge in [-0.05, 0) is 23.8 Å². The van der Waals surface area contributed by atoms with Gasteiger partial charge in [0, 0.05) is 12.0 Å². The van der Waals surface area contributed by atoms with E-state index in [1.54, 1.807) is 12.1 Å². The molecular weight excluding hydrogens is 293 g/mol. The summed E-state index contributed by atoms with van der Waals surface area (Å²) in [5.74, 6) is -1.23. The maximum absolute atomic E-state index is 13.7. The number of rotatable bonds is 3. The van der Waals surface area contributed by atoms with Gasteiger partial charge >= 0.3 is 0 Å². The van der Waals surface area contributed by atoms with Gasteiger partial charge in [0.05, 0.1) is 16.1 Å². The zero-order chi connectivity index (χ0) is 14.0. The highest BCUT2D eigenvalue weighted by molar-refractivity contribution is 6.31. The van der Waals surface area contributed by atoms with Crippen molar-refractivity contribution < 1.29 is 13.9 Å². The number of hydrogen-bond donors (Lipinski definition) is 1. The topological polar surface area (TPSA) is 20.2 Å². The fourth-order valence-electron chi connectivity index (χ4n) is 1.78. The van der Waals surface area contributed by atoms with Crippen molar-refractivity contribution in [2.24, 2.45) is 0 Å². The standard InChI is InChI=1S/C14H10Cl2F2O/c15-10-5-4-8(6-12(10)17)7-13(19)9-2-1-3-11(16)14(9)18/h1-6,13,19H,7H2. The van der Waals surface area contributed by atoms with Gasteiger partial charge in [-0.1, -0.05) is 41.4 Å². The molecule has 0 amide bonds. The van der Waals surface area contributed by atoms with Crippen molar-refractivity contribution in [3.63, 3.8) is 0 Å². The minimum Gasteiger partial charge on any atom is -0.388 e. The molecule has 1 unspecified atom stereocenters. The highest BCUT2D eigenvalue weighted by Gasteiger charge is 2.16. The monoisotopic (exact) mass is 302 g/mol. The molecule has 0 saturated carbocycles. The van der Waals surface area contributed by atoms with Crippen LogP contribution in [-0.2, 0) is 6.42 Å². The zero-order valence-corrected chi connectivity index (χ0v) is 11.2. The van der Waals surface area contributed by atoms with E-state index in [1.807, 2.05) is 0 Å². The zero-order valence-electron chi connectivity index (χ0n) is 9.71. The van der Waals surface area contributed by atoms with Crippen LogP contribution in [0.4, 0.5) is 8.78 Å². The largest absolute Gasteiger partial charge is 0.388 e. The summed E-state index contributed by atoms with van der Waals surface area (Å²) < 4.78 is 27.0. The normalized spacial score (nSPS) is 12.5. The first kappa shape index (κ1) is 14.3. The van der Waals surface area contributed by atoms with Gasteiger partial charge in [-0.15, -0.1) is 0 Å². The molecule has 100 valence electrons. The van der Waals surface area contributed by atoms with Gasteiger partial charge in [-0.25, -0.2) is 8.78 Å². The first-order chi connectivity index (χ1) is 8.99. The van der Waals surface area contributed by atoms with Gasteiger partial charge in [-0.2, -0.15) is 0 Å². The van der Waals surface area contributed by atoms with E-state index < -0.39 is 17.7 Å². The van der Waals surface area contributed by atoms with Crippen molar-refractivity contribution in [3.8, 4) is 0 Å². The molecule has 0 saturated heterocycles. The minimum absolute atomic E-state index is 0.00664. The fourth-order valence-corrected chi connectivity index (χ4v) is 2.08. The number of halogens is 4. The van der Waals surface area contributed by atoms with Crippen molar-refractivity contribution in [2.75, 3.05) is 0 Å². The predicted molar refractivity (Wildman–Crippen MR) is 71.5 cm³/mol. The first-order valence-electron chi connectivity index (χ1n) is 5.55. The van der Waals surface area contributed by atoms with Crippen LogP contribution in [0.2, 0.25) is 10.0 Å². The van der Waals surface area contributed by atoms with Crippen LogP contribution in [0.3, 0.4) is 0 Å². The lowest BCUT2D eigenvalue weighted by Crippen LogP contribution is -2.05. The molecule has 2 aromatic rings. The molecule has 2 aromatic carbocycles. The van der Waals surface area contributed by atoms with Crippen molar-refractivity contribution in [2.45, 2.75) is 12.5 Å². The number of benzene rings is 2. The van der Waals surface area contributed by atoms with Crippen molar-refractivity contribution in [1.29, 1.82) is 0 Å². The van der Waals surface area contributed by atoms with E-state index in [1.165, 1.54) is 24.3 Å². The number of aliphatic hydroxyl groups is 1. The van der Waals surface area contributed by atoms with Gasteiger partial charge in [0.2, 0.25) is 0 Å². The molecule has 0 bridgehead atoms. The average molecular weight is 303 g/mol. The van der Waals surface area contributed by atoms with E-state index in [9.17, 15) is 13.9 Å². The first-order valence-corrected chi connectivity index (χ1v) is 6.30. The van der Waals surface area contributed by atoms with Crippen LogP contribution in [0.25, 0.3) is 0 Å². The van der Waals surface area contributed by atoms with Crippen molar-refractivity contribution >= 4 is 23.2 Å². The highest BCUT2D eigenvalue weighted by Crippen LogP contribution is 2.26. The van der Waals surface area contributed by atoms with E-state index in [2.05, 4.69) is 0 Å². The van der Waals surface area contributed by atoms with Gasteiger partial charge in [0.25, 0.3) is 0 Å². The van der Waals surface area contributed by atoms with E-state index >= 15 is 0 Å². The quantitative estimate of drug-likeness (QED) is 0.882. The van der Waals surface area contributed by atoms with Crippen LogP contribution < -0.4 is 0 Å². The molecule has 0 radical (unpaired) electrons. The fraction of sp³-hybridized carbons (Fsp3) is 0.143. The minimum atomic E-state index is -1.10. The Labute approximate surface area is 119 Å². The van der Waals surface area contributed by atoms with E-state index in [0.29, 0.717) is 5.56 Å². The van der Waals surface area contributed by atoms with Crippen LogP contribution in [0.5, 0.6) is 0 Å². The lowest BCUT2D eigenvalue weighted by Gasteiger charge is -2.13. The Bertz CT molecular complexity index is 602. The Morgan fingerprint density at radius 1 is 1.05 bits per heavy atom. The molecule has 5 heteroatoms. The summed E-state index contributed by atoms with van der Waals surface area (Å²) in [7, 11) is 0. The van der Waals surface area contributed by atoms with Gasteiger partial charge in [0.15, 0.2) is 0 Å². The van der Waals surface area contributed by atoms with E-state index in [0.717, 1.165) is 0 Å². The molecule has 0 aliphatic carbocycles.